The van der Waals surface area contributed by atoms with Gasteiger partial charge in [-0.3, -0.25) is 0 Å². The zero-order valence-corrected chi connectivity index (χ0v) is 7.68. The molecule has 2 nitrogen and oxygen atoms in total. The number of aromatic nitrogens is 1. The van der Waals surface area contributed by atoms with Gasteiger partial charge in [0.25, 0.3) is 0 Å². The second kappa shape index (κ2) is 3.48. The Morgan fingerprint density at radius 1 is 1.33 bits per heavy atom. The molecule has 0 aliphatic heterocycles. The van der Waals surface area contributed by atoms with Crippen LogP contribution in [0.15, 0.2) is 10.6 Å². The molecule has 0 unspecified atom stereocenters. The van der Waals surface area contributed by atoms with Crippen molar-refractivity contribution in [3.8, 4) is 0 Å². The first kappa shape index (κ1) is 8.11. The van der Waals surface area contributed by atoms with Crippen LogP contribution in [0, 0.1) is 0 Å². The van der Waals surface area contributed by atoms with Crippen LogP contribution in [-0.2, 0) is 0 Å². The van der Waals surface area contributed by atoms with Crippen molar-refractivity contribution in [3.05, 3.63) is 17.3 Å². The molecule has 0 bridgehead atoms. The molecular formula is C9H12ClNO. The number of rotatable bonds is 1. The highest BCUT2D eigenvalue weighted by Crippen LogP contribution is 2.32. The van der Waals surface area contributed by atoms with Crippen LogP contribution in [0.5, 0.6) is 0 Å². The maximum absolute atomic E-state index is 5.65. The van der Waals surface area contributed by atoms with E-state index in [2.05, 4.69) is 4.98 Å². The number of nitrogens with zero attached hydrogens (tertiary/aromatic N) is 1. The molecule has 0 radical (unpaired) electrons. The highest BCUT2D eigenvalue weighted by Gasteiger charge is 2.19. The third-order valence-electron chi connectivity index (χ3n) is 2.45. The maximum atomic E-state index is 5.65. The summed E-state index contributed by atoms with van der Waals surface area (Å²) in [7, 11) is 0. The number of halogens is 1. The second-order valence-corrected chi connectivity index (χ2v) is 3.71. The Balaban J connectivity index is 2.08. The molecule has 1 fully saturated rings. The molecule has 0 N–H and O–H groups in total. The minimum absolute atomic E-state index is 0.413. The average molecular weight is 186 g/mol. The molecule has 1 aliphatic rings. The molecule has 0 saturated heterocycles. The highest BCUT2D eigenvalue weighted by atomic mass is 35.5. The van der Waals surface area contributed by atoms with E-state index in [0.717, 1.165) is 5.89 Å². The van der Waals surface area contributed by atoms with Crippen LogP contribution in [0.25, 0.3) is 0 Å². The fourth-order valence-electron chi connectivity index (χ4n) is 1.81. The Bertz CT molecular complexity index is 253. The van der Waals surface area contributed by atoms with Gasteiger partial charge in [0.05, 0.1) is 6.20 Å². The number of hydrogen-bond donors (Lipinski definition) is 0. The van der Waals surface area contributed by atoms with Gasteiger partial charge in [-0.1, -0.05) is 19.3 Å². The van der Waals surface area contributed by atoms with Gasteiger partial charge in [0, 0.05) is 5.92 Å². The Labute approximate surface area is 76.9 Å². The Hall–Kier alpha value is -0.500. The van der Waals surface area contributed by atoms with Crippen molar-refractivity contribution in [3.63, 3.8) is 0 Å². The number of hydrogen-bond acceptors (Lipinski definition) is 2. The molecule has 0 amide bonds. The van der Waals surface area contributed by atoms with Crippen LogP contribution in [0.2, 0.25) is 5.22 Å². The normalized spacial score (nSPS) is 19.8. The minimum atomic E-state index is 0.413. The largest absolute Gasteiger partial charge is 0.429 e. The van der Waals surface area contributed by atoms with E-state index in [1.165, 1.54) is 32.1 Å². The lowest BCUT2D eigenvalue weighted by molar-refractivity contribution is 0.364. The van der Waals surface area contributed by atoms with E-state index < -0.39 is 0 Å². The van der Waals surface area contributed by atoms with E-state index in [4.69, 9.17) is 16.0 Å². The fraction of sp³-hybridized carbons (Fsp3) is 0.667. The molecule has 1 aliphatic carbocycles. The Morgan fingerprint density at radius 3 is 2.67 bits per heavy atom. The van der Waals surface area contributed by atoms with Crippen molar-refractivity contribution in [1.82, 2.24) is 4.98 Å². The molecule has 1 aromatic heterocycles. The van der Waals surface area contributed by atoms with Gasteiger partial charge in [0.1, 0.15) is 0 Å². The van der Waals surface area contributed by atoms with Gasteiger partial charge >= 0.3 is 0 Å². The van der Waals surface area contributed by atoms with Crippen LogP contribution in [-0.4, -0.2) is 4.98 Å². The van der Waals surface area contributed by atoms with Crippen LogP contribution in [0.3, 0.4) is 0 Å². The lowest BCUT2D eigenvalue weighted by Crippen LogP contribution is -2.04. The standard InChI is InChI=1S/C9H12ClNO/c10-8-6-11-9(12-8)7-4-2-1-3-5-7/h6-7H,1-5H2. The third kappa shape index (κ3) is 1.63. The molecular weight excluding hydrogens is 174 g/mol. The first-order chi connectivity index (χ1) is 5.86. The molecule has 0 atom stereocenters. The van der Waals surface area contributed by atoms with Crippen LogP contribution < -0.4 is 0 Å². The summed E-state index contributed by atoms with van der Waals surface area (Å²) in [5, 5.41) is 0.413. The summed E-state index contributed by atoms with van der Waals surface area (Å²) in [5.74, 6) is 1.35. The summed E-state index contributed by atoms with van der Waals surface area (Å²) in [6, 6.07) is 0. The molecule has 66 valence electrons. The lowest BCUT2D eigenvalue weighted by Gasteiger charge is -2.17. The Kier molecular flexibility index (Phi) is 2.35. The van der Waals surface area contributed by atoms with Crippen molar-refractivity contribution in [2.45, 2.75) is 38.0 Å². The van der Waals surface area contributed by atoms with Crippen molar-refractivity contribution in [2.75, 3.05) is 0 Å². The van der Waals surface area contributed by atoms with E-state index in [-0.39, 0.29) is 0 Å². The molecule has 3 heteroatoms. The SMILES string of the molecule is Clc1cnc(C2CCCCC2)o1. The van der Waals surface area contributed by atoms with Crippen molar-refractivity contribution >= 4 is 11.6 Å². The van der Waals surface area contributed by atoms with E-state index in [9.17, 15) is 0 Å². The van der Waals surface area contributed by atoms with Gasteiger partial charge in [-0.25, -0.2) is 4.98 Å². The summed E-state index contributed by atoms with van der Waals surface area (Å²) in [4.78, 5) is 4.14. The molecule has 1 aromatic rings. The van der Waals surface area contributed by atoms with Gasteiger partial charge in [-0.2, -0.15) is 0 Å². The predicted octanol–water partition coefficient (Wildman–Crippen LogP) is 3.38. The van der Waals surface area contributed by atoms with Crippen LogP contribution in [0.4, 0.5) is 0 Å². The van der Waals surface area contributed by atoms with E-state index in [1.54, 1.807) is 6.20 Å². The summed E-state index contributed by atoms with van der Waals surface area (Å²) < 4.78 is 5.28. The van der Waals surface area contributed by atoms with Crippen LogP contribution >= 0.6 is 11.6 Å². The van der Waals surface area contributed by atoms with Crippen molar-refractivity contribution in [1.29, 1.82) is 0 Å². The summed E-state index contributed by atoms with van der Waals surface area (Å²) in [5.41, 5.74) is 0. The zero-order chi connectivity index (χ0) is 8.39. The molecule has 0 aromatic carbocycles. The molecule has 12 heavy (non-hydrogen) atoms. The quantitative estimate of drug-likeness (QED) is 0.671. The fourth-order valence-corrected chi connectivity index (χ4v) is 1.93. The van der Waals surface area contributed by atoms with E-state index in [0.29, 0.717) is 11.1 Å². The first-order valence-electron chi connectivity index (χ1n) is 4.47. The molecule has 0 spiro atoms. The van der Waals surface area contributed by atoms with Gasteiger partial charge < -0.3 is 4.42 Å². The van der Waals surface area contributed by atoms with Gasteiger partial charge in [-0.05, 0) is 24.4 Å². The van der Waals surface area contributed by atoms with E-state index >= 15 is 0 Å². The van der Waals surface area contributed by atoms with Gasteiger partial charge in [0.2, 0.25) is 5.22 Å². The zero-order valence-electron chi connectivity index (χ0n) is 6.92. The van der Waals surface area contributed by atoms with Gasteiger partial charge in [-0.15, -0.1) is 0 Å². The highest BCUT2D eigenvalue weighted by molar-refractivity contribution is 6.28. The lowest BCUT2D eigenvalue weighted by atomic mass is 9.89. The monoisotopic (exact) mass is 185 g/mol. The summed E-state index contributed by atoms with van der Waals surface area (Å²) >= 11 is 5.65. The average Bonchev–Trinajstić information content (AvgIpc) is 2.54. The molecule has 1 saturated carbocycles. The van der Waals surface area contributed by atoms with Crippen LogP contribution in [0.1, 0.15) is 43.9 Å². The van der Waals surface area contributed by atoms with Crippen molar-refractivity contribution in [2.24, 2.45) is 0 Å². The Morgan fingerprint density at radius 2 is 2.08 bits per heavy atom. The first-order valence-corrected chi connectivity index (χ1v) is 4.85. The van der Waals surface area contributed by atoms with Crippen molar-refractivity contribution < 1.29 is 4.42 Å². The topological polar surface area (TPSA) is 26.0 Å². The number of oxazole rings is 1. The maximum Gasteiger partial charge on any atom is 0.213 e. The minimum Gasteiger partial charge on any atom is -0.429 e. The van der Waals surface area contributed by atoms with E-state index in [1.807, 2.05) is 0 Å². The molecule has 1 heterocycles. The molecule has 2 rings (SSSR count). The van der Waals surface area contributed by atoms with Gasteiger partial charge in [0.15, 0.2) is 5.89 Å². The predicted molar refractivity (Wildman–Crippen MR) is 47.3 cm³/mol. The second-order valence-electron chi connectivity index (χ2n) is 3.34. The summed E-state index contributed by atoms with van der Waals surface area (Å²) in [6.07, 6.45) is 7.94. The summed E-state index contributed by atoms with van der Waals surface area (Å²) in [6.45, 7) is 0. The third-order valence-corrected chi connectivity index (χ3v) is 2.62. The smallest absolute Gasteiger partial charge is 0.213 e.